The highest BCUT2D eigenvalue weighted by atomic mass is 35.5. The molecule has 6 heteroatoms. The third-order valence-corrected chi connectivity index (χ3v) is 5.77. The first kappa shape index (κ1) is 18.0. The molecule has 1 aromatic rings. The van der Waals surface area contributed by atoms with E-state index < -0.39 is 5.41 Å². The number of nitrogen functional groups attached to an aromatic ring is 1. The fourth-order valence-corrected chi connectivity index (χ4v) is 4.41. The van der Waals surface area contributed by atoms with Crippen LogP contribution < -0.4 is 11.1 Å². The number of rotatable bonds is 3. The molecule has 25 heavy (non-hydrogen) atoms. The molecule has 1 saturated heterocycles. The maximum absolute atomic E-state index is 12.4. The molecule has 3 rings (SSSR count). The molecule has 0 aromatic heterocycles. The van der Waals surface area contributed by atoms with Gasteiger partial charge < -0.3 is 15.8 Å². The zero-order valence-electron chi connectivity index (χ0n) is 13.7. The number of hydrogen-bond donors (Lipinski definition) is 2. The smallest absolute Gasteiger partial charge is 0.220 e. The summed E-state index contributed by atoms with van der Waals surface area (Å²) in [6, 6.07) is 5.20. The van der Waals surface area contributed by atoms with E-state index in [1.807, 2.05) is 12.2 Å². The average molecular weight is 379 g/mol. The number of anilines is 1. The minimum Gasteiger partial charge on any atom is -0.398 e. The quantitative estimate of drug-likeness (QED) is 0.623. The van der Waals surface area contributed by atoms with Crippen LogP contribution in [0.15, 0.2) is 41.5 Å². The van der Waals surface area contributed by atoms with Crippen molar-refractivity contribution >= 4 is 41.1 Å². The van der Waals surface area contributed by atoms with Gasteiger partial charge in [-0.2, -0.15) is 0 Å². The third kappa shape index (κ3) is 3.46. The van der Waals surface area contributed by atoms with Gasteiger partial charge in [-0.3, -0.25) is 4.79 Å². The molecule has 3 N–H and O–H groups in total. The molecule has 1 heterocycles. The van der Waals surface area contributed by atoms with Crippen LogP contribution >= 0.6 is 23.2 Å². The first-order chi connectivity index (χ1) is 12.0. The Hall–Kier alpha value is -1.78. The Morgan fingerprint density at radius 2 is 2.12 bits per heavy atom. The largest absolute Gasteiger partial charge is 0.398 e. The molecule has 1 aliphatic heterocycles. The molecule has 1 aliphatic carbocycles. The highest BCUT2D eigenvalue weighted by Crippen LogP contribution is 2.46. The number of allylic oxidation sites excluding steroid dienone is 4. The van der Waals surface area contributed by atoms with Crippen molar-refractivity contribution in [2.75, 3.05) is 12.3 Å². The molecular formula is C19H20Cl2N2O2. The number of nitrogens with two attached hydrogens (primary N) is 1. The van der Waals surface area contributed by atoms with Crippen molar-refractivity contribution < 1.29 is 9.59 Å². The summed E-state index contributed by atoms with van der Waals surface area (Å²) in [6.07, 6.45) is 8.09. The number of carbonyl (C=O) groups excluding carboxylic acids is 2. The molecule has 0 spiro atoms. The number of carbonyl (C=O) groups is 2. The molecular weight excluding hydrogens is 359 g/mol. The van der Waals surface area contributed by atoms with Crippen LogP contribution in [-0.2, 0) is 15.0 Å². The van der Waals surface area contributed by atoms with Gasteiger partial charge in [-0.05, 0) is 48.4 Å². The van der Waals surface area contributed by atoms with Gasteiger partial charge in [0.15, 0.2) is 0 Å². The topological polar surface area (TPSA) is 72.2 Å². The second kappa shape index (κ2) is 7.22. The van der Waals surface area contributed by atoms with Crippen LogP contribution in [0.2, 0.25) is 5.02 Å². The van der Waals surface area contributed by atoms with Gasteiger partial charge in [0.05, 0.1) is 5.41 Å². The van der Waals surface area contributed by atoms with E-state index in [1.54, 1.807) is 18.2 Å². The Morgan fingerprint density at radius 1 is 1.32 bits per heavy atom. The second-order valence-electron chi connectivity index (χ2n) is 6.67. The van der Waals surface area contributed by atoms with Gasteiger partial charge in [0.25, 0.3) is 0 Å². The zero-order valence-corrected chi connectivity index (χ0v) is 15.2. The molecule has 132 valence electrons. The van der Waals surface area contributed by atoms with Crippen molar-refractivity contribution in [1.29, 1.82) is 0 Å². The summed E-state index contributed by atoms with van der Waals surface area (Å²) in [5, 5.41) is 4.20. The predicted molar refractivity (Wildman–Crippen MR) is 101 cm³/mol. The van der Waals surface area contributed by atoms with Crippen LogP contribution in [0.4, 0.5) is 5.69 Å². The molecule has 1 unspecified atom stereocenters. The molecule has 1 fully saturated rings. The summed E-state index contributed by atoms with van der Waals surface area (Å²) < 4.78 is 0. The van der Waals surface area contributed by atoms with Crippen LogP contribution in [0.5, 0.6) is 0 Å². The van der Waals surface area contributed by atoms with Crippen LogP contribution in [0.3, 0.4) is 0 Å². The van der Waals surface area contributed by atoms with Gasteiger partial charge in [-0.15, -0.1) is 0 Å². The third-order valence-electron chi connectivity index (χ3n) is 5.25. The van der Waals surface area contributed by atoms with E-state index >= 15 is 0 Å². The van der Waals surface area contributed by atoms with E-state index in [1.165, 1.54) is 0 Å². The molecule has 0 bridgehead atoms. The molecule has 4 nitrogen and oxygen atoms in total. The Bertz CT molecular complexity index is 760. The maximum atomic E-state index is 12.4. The lowest BCUT2D eigenvalue weighted by Gasteiger charge is -2.40. The van der Waals surface area contributed by atoms with E-state index in [2.05, 4.69) is 11.4 Å². The lowest BCUT2D eigenvalue weighted by atomic mass is 9.63. The number of nitrogens with one attached hydrogen (secondary N) is 1. The Labute approximate surface area is 157 Å². The fourth-order valence-electron chi connectivity index (χ4n) is 3.98. The van der Waals surface area contributed by atoms with Crippen LogP contribution in [0, 0.1) is 11.8 Å². The van der Waals surface area contributed by atoms with Crippen molar-refractivity contribution in [3.63, 3.8) is 0 Å². The Balaban J connectivity index is 2.10. The van der Waals surface area contributed by atoms with Gasteiger partial charge >= 0.3 is 0 Å². The summed E-state index contributed by atoms with van der Waals surface area (Å²) in [7, 11) is 0. The van der Waals surface area contributed by atoms with Crippen LogP contribution in [0.25, 0.3) is 0 Å². The standard InChI is InChI=1S/C19H20Cl2N2O2/c20-13-3-1-2-12(8-13)16-10-23-18(25)6-7-19(16,11-24)15-5-4-14(21)9-17(15)22/h1-5,9,11-12,16H,6-8,10,22H2,(H,23,25)/t12?,16-,19-/m0/s1. The first-order valence-electron chi connectivity index (χ1n) is 8.27. The Morgan fingerprint density at radius 3 is 2.80 bits per heavy atom. The van der Waals surface area contributed by atoms with E-state index in [-0.39, 0.29) is 24.2 Å². The van der Waals surface area contributed by atoms with Crippen LogP contribution in [0.1, 0.15) is 24.8 Å². The molecule has 3 atom stereocenters. The zero-order chi connectivity index (χ0) is 18.0. The molecule has 0 radical (unpaired) electrons. The second-order valence-corrected chi connectivity index (χ2v) is 7.59. The Kier molecular flexibility index (Phi) is 5.21. The summed E-state index contributed by atoms with van der Waals surface area (Å²) >= 11 is 12.3. The number of benzene rings is 1. The maximum Gasteiger partial charge on any atom is 0.220 e. The summed E-state index contributed by atoms with van der Waals surface area (Å²) in [6.45, 7) is 0.402. The lowest BCUT2D eigenvalue weighted by Crippen LogP contribution is -2.44. The predicted octanol–water partition coefficient (Wildman–Crippen LogP) is 3.58. The monoisotopic (exact) mass is 378 g/mol. The van der Waals surface area contributed by atoms with E-state index in [9.17, 15) is 9.59 Å². The fraction of sp³-hybridized carbons (Fsp3) is 0.368. The van der Waals surface area contributed by atoms with Gasteiger partial charge in [0, 0.05) is 28.7 Å². The highest BCUT2D eigenvalue weighted by molar-refractivity contribution is 6.31. The lowest BCUT2D eigenvalue weighted by molar-refractivity contribution is -0.120. The van der Waals surface area contributed by atoms with Crippen molar-refractivity contribution in [2.24, 2.45) is 11.8 Å². The van der Waals surface area contributed by atoms with E-state index in [0.29, 0.717) is 30.1 Å². The minimum atomic E-state index is -0.864. The van der Waals surface area contributed by atoms with Crippen molar-refractivity contribution in [2.45, 2.75) is 24.7 Å². The molecule has 0 saturated carbocycles. The summed E-state index contributed by atoms with van der Waals surface area (Å²) in [5.41, 5.74) is 6.55. The molecule has 2 aliphatic rings. The van der Waals surface area contributed by atoms with Crippen molar-refractivity contribution in [1.82, 2.24) is 5.32 Å². The molecule has 1 amide bonds. The van der Waals surface area contributed by atoms with Crippen LogP contribution in [-0.4, -0.2) is 18.7 Å². The summed E-state index contributed by atoms with van der Waals surface area (Å²) in [4.78, 5) is 24.4. The summed E-state index contributed by atoms with van der Waals surface area (Å²) in [5.74, 6) is -0.155. The normalized spacial score (nSPS) is 29.5. The van der Waals surface area contributed by atoms with Gasteiger partial charge in [0.1, 0.15) is 6.29 Å². The van der Waals surface area contributed by atoms with Gasteiger partial charge in [0.2, 0.25) is 5.91 Å². The minimum absolute atomic E-state index is 0.0381. The molecule has 1 aromatic carbocycles. The number of amides is 1. The number of halogens is 2. The van der Waals surface area contributed by atoms with Crippen molar-refractivity contribution in [3.8, 4) is 0 Å². The number of aldehydes is 1. The van der Waals surface area contributed by atoms with E-state index in [0.717, 1.165) is 16.9 Å². The number of hydrogen-bond acceptors (Lipinski definition) is 3. The van der Waals surface area contributed by atoms with Gasteiger partial charge in [-0.25, -0.2) is 0 Å². The highest BCUT2D eigenvalue weighted by Gasteiger charge is 2.46. The van der Waals surface area contributed by atoms with E-state index in [4.69, 9.17) is 28.9 Å². The van der Waals surface area contributed by atoms with Crippen molar-refractivity contribution in [3.05, 3.63) is 52.0 Å². The first-order valence-corrected chi connectivity index (χ1v) is 9.03. The average Bonchev–Trinajstić information content (AvgIpc) is 2.75. The SMILES string of the molecule is Nc1cc(Cl)ccc1[C@@]1(C=O)CCC(=O)NC[C@H]1C1C=CC=C(Cl)C1. The van der Waals surface area contributed by atoms with Gasteiger partial charge in [-0.1, -0.05) is 41.4 Å².